The van der Waals surface area contributed by atoms with Crippen molar-refractivity contribution in [2.75, 3.05) is 6.61 Å². The molecule has 4 aliphatic rings. The SMILES string of the molecule is Cc1nc(OCC23CC(C2)[C@@H](C(=O)N2N=CCC2c2cnc(C#N)cn2)C3)ccc1F. The molecular formula is C22H21FN6O2. The molecule has 2 aromatic heterocycles. The summed E-state index contributed by atoms with van der Waals surface area (Å²) in [6.07, 6.45) is 7.87. The average Bonchev–Trinajstić information content (AvgIpc) is 3.47. The second kappa shape index (κ2) is 7.38. The minimum Gasteiger partial charge on any atom is -0.477 e. The number of carbonyl (C=O) groups is 1. The number of nitriles is 1. The molecule has 1 aliphatic heterocycles. The second-order valence-corrected chi connectivity index (χ2v) is 8.66. The maximum absolute atomic E-state index is 13.4. The van der Waals surface area contributed by atoms with Crippen LogP contribution in [-0.4, -0.2) is 38.7 Å². The first-order valence-electron chi connectivity index (χ1n) is 10.3. The Balaban J connectivity index is 1.24. The lowest BCUT2D eigenvalue weighted by Crippen LogP contribution is -2.36. The maximum atomic E-state index is 13.4. The maximum Gasteiger partial charge on any atom is 0.246 e. The number of aromatic nitrogens is 3. The number of hydrogen-bond donors (Lipinski definition) is 0. The van der Waals surface area contributed by atoms with Crippen LogP contribution in [0.1, 0.15) is 48.8 Å². The number of nitrogens with zero attached hydrogens (tertiary/aromatic N) is 6. The number of hydrogen-bond acceptors (Lipinski definition) is 7. The van der Waals surface area contributed by atoms with Gasteiger partial charge in [-0.25, -0.2) is 19.4 Å². The van der Waals surface area contributed by atoms with Gasteiger partial charge in [-0.15, -0.1) is 0 Å². The molecule has 2 aromatic rings. The quantitative estimate of drug-likeness (QED) is 0.737. The monoisotopic (exact) mass is 420 g/mol. The van der Waals surface area contributed by atoms with E-state index in [0.29, 0.717) is 36.2 Å². The molecule has 1 unspecified atom stereocenters. The predicted octanol–water partition coefficient (Wildman–Crippen LogP) is 2.95. The van der Waals surface area contributed by atoms with Gasteiger partial charge < -0.3 is 4.74 Å². The van der Waals surface area contributed by atoms with Crippen LogP contribution in [-0.2, 0) is 4.79 Å². The summed E-state index contributed by atoms with van der Waals surface area (Å²) >= 11 is 0. The third-order valence-electron chi connectivity index (χ3n) is 6.64. The van der Waals surface area contributed by atoms with E-state index in [1.54, 1.807) is 19.3 Å². The van der Waals surface area contributed by atoms with E-state index in [9.17, 15) is 9.18 Å². The molecule has 2 atom stereocenters. The Kier molecular flexibility index (Phi) is 4.65. The van der Waals surface area contributed by atoms with Crippen LogP contribution in [0.5, 0.6) is 5.88 Å². The average molecular weight is 420 g/mol. The van der Waals surface area contributed by atoms with Gasteiger partial charge >= 0.3 is 0 Å². The molecule has 9 heteroatoms. The second-order valence-electron chi connectivity index (χ2n) is 8.66. The van der Waals surface area contributed by atoms with Gasteiger partial charge in [0.25, 0.3) is 0 Å². The number of fused-ring (bicyclic) bond motifs is 1. The van der Waals surface area contributed by atoms with Crippen molar-refractivity contribution >= 4 is 12.1 Å². The van der Waals surface area contributed by atoms with Crippen molar-refractivity contribution in [3.05, 3.63) is 47.4 Å². The van der Waals surface area contributed by atoms with Crippen molar-refractivity contribution in [1.29, 1.82) is 5.26 Å². The first-order valence-corrected chi connectivity index (χ1v) is 10.3. The summed E-state index contributed by atoms with van der Waals surface area (Å²) in [4.78, 5) is 25.8. The molecule has 0 aromatic carbocycles. The zero-order valence-electron chi connectivity index (χ0n) is 17.0. The van der Waals surface area contributed by atoms with Crippen molar-refractivity contribution in [3.63, 3.8) is 0 Å². The number of aryl methyl sites for hydroxylation is 1. The Morgan fingerprint density at radius 3 is 2.87 bits per heavy atom. The number of carbonyl (C=O) groups excluding carboxylic acids is 1. The molecule has 1 amide bonds. The van der Waals surface area contributed by atoms with E-state index in [0.717, 1.165) is 19.3 Å². The summed E-state index contributed by atoms with van der Waals surface area (Å²) in [5.41, 5.74) is 1.14. The minimum absolute atomic E-state index is 0.00466. The van der Waals surface area contributed by atoms with Crippen LogP contribution in [0, 0.1) is 41.3 Å². The molecule has 6 rings (SSSR count). The number of rotatable bonds is 5. The first kappa shape index (κ1) is 19.5. The standard InChI is InChI=1S/C22H21FN6O2/c1-13-17(23)2-3-20(28-13)31-12-22-6-14(7-22)16(8-22)21(30)29-19(4-5-27-29)18-11-25-15(9-24)10-26-18/h2-3,5,10-11,14,16,19H,4,6-8,12H2,1H3/t14?,16-,19?,22?/m0/s1. The molecule has 2 bridgehead atoms. The fourth-order valence-corrected chi connectivity index (χ4v) is 5.04. The third-order valence-corrected chi connectivity index (χ3v) is 6.64. The lowest BCUT2D eigenvalue weighted by atomic mass is 9.70. The molecule has 0 saturated heterocycles. The summed E-state index contributed by atoms with van der Waals surface area (Å²) in [5.74, 6) is 0.284. The normalized spacial score (nSPS) is 28.3. The van der Waals surface area contributed by atoms with Crippen molar-refractivity contribution in [2.45, 2.75) is 38.6 Å². The highest BCUT2D eigenvalue weighted by atomic mass is 19.1. The van der Waals surface area contributed by atoms with Crippen LogP contribution < -0.4 is 4.74 Å². The van der Waals surface area contributed by atoms with E-state index >= 15 is 0 Å². The van der Waals surface area contributed by atoms with Crippen molar-refractivity contribution in [3.8, 4) is 11.9 Å². The fraction of sp³-hybridized carbons (Fsp3) is 0.455. The smallest absolute Gasteiger partial charge is 0.246 e. The van der Waals surface area contributed by atoms with Crippen LogP contribution in [0.4, 0.5) is 4.39 Å². The van der Waals surface area contributed by atoms with Gasteiger partial charge in [0.15, 0.2) is 5.69 Å². The van der Waals surface area contributed by atoms with Gasteiger partial charge in [0.2, 0.25) is 11.8 Å². The number of amides is 1. The van der Waals surface area contributed by atoms with Gasteiger partial charge in [-0.1, -0.05) is 0 Å². The molecule has 8 nitrogen and oxygen atoms in total. The molecule has 3 heterocycles. The molecule has 0 spiro atoms. The van der Waals surface area contributed by atoms with Crippen LogP contribution in [0.25, 0.3) is 0 Å². The molecule has 0 N–H and O–H groups in total. The zero-order chi connectivity index (χ0) is 21.6. The van der Waals surface area contributed by atoms with E-state index < -0.39 is 0 Å². The number of ether oxygens (including phenoxy) is 1. The van der Waals surface area contributed by atoms with Gasteiger partial charge in [-0.3, -0.25) is 9.78 Å². The van der Waals surface area contributed by atoms with Crippen LogP contribution >= 0.6 is 0 Å². The topological polar surface area (TPSA) is 104 Å². The summed E-state index contributed by atoms with van der Waals surface area (Å²) < 4.78 is 19.3. The summed E-state index contributed by atoms with van der Waals surface area (Å²) in [6.45, 7) is 2.08. The minimum atomic E-state index is -0.353. The Morgan fingerprint density at radius 2 is 2.16 bits per heavy atom. The molecule has 158 valence electrons. The Hall–Kier alpha value is -3.41. The largest absolute Gasteiger partial charge is 0.477 e. The van der Waals surface area contributed by atoms with E-state index in [-0.39, 0.29) is 34.8 Å². The van der Waals surface area contributed by atoms with E-state index in [1.165, 1.54) is 23.3 Å². The molecule has 3 fully saturated rings. The highest BCUT2D eigenvalue weighted by molar-refractivity contribution is 5.83. The molecule has 31 heavy (non-hydrogen) atoms. The fourth-order valence-electron chi connectivity index (χ4n) is 5.04. The lowest BCUT2D eigenvalue weighted by Gasteiger charge is -2.38. The van der Waals surface area contributed by atoms with Gasteiger partial charge in [0.1, 0.15) is 17.9 Å². The Bertz CT molecular complexity index is 1090. The predicted molar refractivity (Wildman–Crippen MR) is 107 cm³/mol. The highest BCUT2D eigenvalue weighted by Gasteiger charge is 2.59. The summed E-state index contributed by atoms with van der Waals surface area (Å²) in [5, 5.41) is 14.8. The Morgan fingerprint density at radius 1 is 1.32 bits per heavy atom. The lowest BCUT2D eigenvalue weighted by molar-refractivity contribution is -0.138. The van der Waals surface area contributed by atoms with Crippen molar-refractivity contribution in [1.82, 2.24) is 20.0 Å². The molecule has 3 aliphatic carbocycles. The molecule has 3 saturated carbocycles. The number of halogens is 1. The highest BCUT2D eigenvalue weighted by Crippen LogP contribution is 2.62. The van der Waals surface area contributed by atoms with Crippen molar-refractivity contribution in [2.24, 2.45) is 22.4 Å². The van der Waals surface area contributed by atoms with Crippen LogP contribution in [0.15, 0.2) is 29.6 Å². The third kappa shape index (κ3) is 3.42. The van der Waals surface area contributed by atoms with E-state index in [2.05, 4.69) is 20.1 Å². The van der Waals surface area contributed by atoms with Gasteiger partial charge in [0.05, 0.1) is 30.4 Å². The summed E-state index contributed by atoms with van der Waals surface area (Å²) in [7, 11) is 0. The van der Waals surface area contributed by atoms with E-state index in [4.69, 9.17) is 10.00 Å². The van der Waals surface area contributed by atoms with Gasteiger partial charge in [-0.2, -0.15) is 10.4 Å². The number of hydrazone groups is 1. The van der Waals surface area contributed by atoms with Crippen molar-refractivity contribution < 1.29 is 13.9 Å². The van der Waals surface area contributed by atoms with Crippen LogP contribution in [0.3, 0.4) is 0 Å². The van der Waals surface area contributed by atoms with Gasteiger partial charge in [-0.05, 0) is 38.2 Å². The summed E-state index contributed by atoms with van der Waals surface area (Å²) in [6, 6.07) is 4.56. The molecule has 0 radical (unpaired) electrons. The van der Waals surface area contributed by atoms with Crippen LogP contribution in [0.2, 0.25) is 0 Å². The zero-order valence-corrected chi connectivity index (χ0v) is 17.0. The van der Waals surface area contributed by atoms with E-state index in [1.807, 2.05) is 6.07 Å². The Labute approximate surface area is 178 Å². The first-order chi connectivity index (χ1) is 15.0. The number of pyridine rings is 1. The van der Waals surface area contributed by atoms with Gasteiger partial charge in [0, 0.05) is 30.0 Å². The molecular weight excluding hydrogens is 399 g/mol.